The van der Waals surface area contributed by atoms with E-state index in [1.165, 1.54) is 35.6 Å². The predicted octanol–water partition coefficient (Wildman–Crippen LogP) is 4.99. The second-order valence-corrected chi connectivity index (χ2v) is 7.82. The number of rotatable bonds is 8. The van der Waals surface area contributed by atoms with Crippen LogP contribution in [0.15, 0.2) is 53.9 Å². The Labute approximate surface area is 186 Å². The standard InChI is InChI=1S/C22H19F3N2O4S/c1-14-26-19(12-32-14)17-3-2-4-18(9-17)27-20(28)11-31-21(29)16-7-5-15(6-8-16)10-30-13-22(23,24)25/h2-9,12H,10-11,13H2,1H3,(H,27,28). The summed E-state index contributed by atoms with van der Waals surface area (Å²) in [6, 6.07) is 12.8. The van der Waals surface area contributed by atoms with Crippen molar-refractivity contribution in [1.82, 2.24) is 4.98 Å². The maximum atomic E-state index is 12.1. The minimum Gasteiger partial charge on any atom is -0.452 e. The van der Waals surface area contributed by atoms with Crippen LogP contribution in [0.25, 0.3) is 11.3 Å². The number of aryl methyl sites for hydroxylation is 1. The second-order valence-electron chi connectivity index (χ2n) is 6.76. The van der Waals surface area contributed by atoms with E-state index in [2.05, 4.69) is 15.0 Å². The maximum Gasteiger partial charge on any atom is 0.411 e. The van der Waals surface area contributed by atoms with Gasteiger partial charge in [0.15, 0.2) is 6.61 Å². The van der Waals surface area contributed by atoms with Crippen LogP contribution >= 0.6 is 11.3 Å². The van der Waals surface area contributed by atoms with E-state index < -0.39 is 31.3 Å². The highest BCUT2D eigenvalue weighted by Crippen LogP contribution is 2.24. The number of hydrogen-bond donors (Lipinski definition) is 1. The average Bonchev–Trinajstić information content (AvgIpc) is 3.18. The molecule has 1 heterocycles. The number of amides is 1. The number of nitrogens with zero attached hydrogens (tertiary/aromatic N) is 1. The van der Waals surface area contributed by atoms with Crippen LogP contribution in [-0.2, 0) is 20.9 Å². The van der Waals surface area contributed by atoms with Gasteiger partial charge < -0.3 is 14.8 Å². The summed E-state index contributed by atoms with van der Waals surface area (Å²) in [5.41, 5.74) is 2.83. The van der Waals surface area contributed by atoms with Gasteiger partial charge in [0, 0.05) is 16.6 Å². The van der Waals surface area contributed by atoms with Gasteiger partial charge in [0.05, 0.1) is 22.9 Å². The Morgan fingerprint density at radius 1 is 1.12 bits per heavy atom. The monoisotopic (exact) mass is 464 g/mol. The van der Waals surface area contributed by atoms with Crippen molar-refractivity contribution in [2.24, 2.45) is 0 Å². The first kappa shape index (κ1) is 23.4. The molecule has 10 heteroatoms. The fraction of sp³-hybridized carbons (Fsp3) is 0.227. The molecule has 1 amide bonds. The first-order valence-corrected chi connectivity index (χ1v) is 10.3. The maximum absolute atomic E-state index is 12.1. The number of benzene rings is 2. The van der Waals surface area contributed by atoms with Crippen molar-refractivity contribution < 1.29 is 32.2 Å². The molecule has 0 saturated carbocycles. The Morgan fingerprint density at radius 2 is 1.88 bits per heavy atom. The highest BCUT2D eigenvalue weighted by Gasteiger charge is 2.27. The summed E-state index contributed by atoms with van der Waals surface area (Å²) in [6.07, 6.45) is -4.40. The average molecular weight is 464 g/mol. The summed E-state index contributed by atoms with van der Waals surface area (Å²) in [4.78, 5) is 28.7. The lowest BCUT2D eigenvalue weighted by Crippen LogP contribution is -2.21. The smallest absolute Gasteiger partial charge is 0.411 e. The Bertz CT molecular complexity index is 1080. The SMILES string of the molecule is Cc1nc(-c2cccc(NC(=O)COC(=O)c3ccc(COCC(F)(F)F)cc3)c2)cs1. The number of alkyl halides is 3. The van der Waals surface area contributed by atoms with Crippen molar-refractivity contribution >= 4 is 28.9 Å². The number of thiazole rings is 1. The van der Waals surface area contributed by atoms with E-state index in [1.807, 2.05) is 18.4 Å². The molecule has 32 heavy (non-hydrogen) atoms. The van der Waals surface area contributed by atoms with Crippen molar-refractivity contribution in [2.75, 3.05) is 18.5 Å². The van der Waals surface area contributed by atoms with Gasteiger partial charge in [0.1, 0.15) is 6.61 Å². The number of ether oxygens (including phenoxy) is 2. The van der Waals surface area contributed by atoms with Gasteiger partial charge in [0.25, 0.3) is 5.91 Å². The number of hydrogen-bond acceptors (Lipinski definition) is 6. The molecule has 0 aliphatic rings. The van der Waals surface area contributed by atoms with Gasteiger partial charge >= 0.3 is 12.1 Å². The Hall–Kier alpha value is -3.24. The molecule has 6 nitrogen and oxygen atoms in total. The highest BCUT2D eigenvalue weighted by atomic mass is 32.1. The van der Waals surface area contributed by atoms with Crippen LogP contribution in [0.3, 0.4) is 0 Å². The third-order valence-corrected chi connectivity index (χ3v) is 4.89. The number of carbonyl (C=O) groups is 2. The lowest BCUT2D eigenvalue weighted by Gasteiger charge is -2.09. The third kappa shape index (κ3) is 7.17. The van der Waals surface area contributed by atoms with E-state index in [0.29, 0.717) is 11.3 Å². The highest BCUT2D eigenvalue weighted by molar-refractivity contribution is 7.09. The Balaban J connectivity index is 1.48. The molecule has 0 aliphatic carbocycles. The lowest BCUT2D eigenvalue weighted by atomic mass is 10.1. The van der Waals surface area contributed by atoms with Crippen LogP contribution in [0.1, 0.15) is 20.9 Å². The molecule has 3 aromatic rings. The summed E-state index contributed by atoms with van der Waals surface area (Å²) in [6.45, 7) is -0.173. The summed E-state index contributed by atoms with van der Waals surface area (Å²) in [5, 5.41) is 5.52. The molecule has 0 fully saturated rings. The molecule has 0 saturated heterocycles. The van der Waals surface area contributed by atoms with Crippen molar-refractivity contribution in [2.45, 2.75) is 19.7 Å². The number of nitrogens with one attached hydrogen (secondary N) is 1. The van der Waals surface area contributed by atoms with Gasteiger partial charge in [-0.25, -0.2) is 9.78 Å². The summed E-state index contributed by atoms with van der Waals surface area (Å²) in [7, 11) is 0. The van der Waals surface area contributed by atoms with Crippen LogP contribution < -0.4 is 5.32 Å². The molecular formula is C22H19F3N2O4S. The summed E-state index contributed by atoms with van der Waals surface area (Å²) in [5.74, 6) is -1.24. The van der Waals surface area contributed by atoms with E-state index in [0.717, 1.165) is 16.3 Å². The molecule has 0 aliphatic heterocycles. The van der Waals surface area contributed by atoms with Gasteiger partial charge in [-0.15, -0.1) is 11.3 Å². The second kappa shape index (κ2) is 10.4. The number of carbonyl (C=O) groups excluding carboxylic acids is 2. The molecule has 0 bridgehead atoms. The van der Waals surface area contributed by atoms with Gasteiger partial charge in [-0.05, 0) is 36.8 Å². The van der Waals surface area contributed by atoms with Crippen LogP contribution in [-0.4, -0.2) is 36.3 Å². The minimum absolute atomic E-state index is 0.165. The van der Waals surface area contributed by atoms with Gasteiger partial charge in [-0.3, -0.25) is 4.79 Å². The van der Waals surface area contributed by atoms with Gasteiger partial charge in [0.2, 0.25) is 0 Å². The summed E-state index contributed by atoms with van der Waals surface area (Å²) < 4.78 is 45.8. The molecule has 1 aromatic heterocycles. The number of anilines is 1. The minimum atomic E-state index is -4.40. The van der Waals surface area contributed by atoms with E-state index in [-0.39, 0.29) is 12.2 Å². The van der Waals surface area contributed by atoms with Crippen molar-refractivity contribution in [3.8, 4) is 11.3 Å². The number of halogens is 3. The topological polar surface area (TPSA) is 77.5 Å². The van der Waals surface area contributed by atoms with E-state index in [4.69, 9.17) is 4.74 Å². The Morgan fingerprint density at radius 3 is 2.53 bits per heavy atom. The van der Waals surface area contributed by atoms with Crippen LogP contribution in [0.5, 0.6) is 0 Å². The molecular weight excluding hydrogens is 445 g/mol. The normalized spacial score (nSPS) is 11.2. The predicted molar refractivity (Wildman–Crippen MR) is 113 cm³/mol. The molecule has 0 atom stereocenters. The lowest BCUT2D eigenvalue weighted by molar-refractivity contribution is -0.176. The summed E-state index contributed by atoms with van der Waals surface area (Å²) >= 11 is 1.53. The first-order chi connectivity index (χ1) is 15.2. The quantitative estimate of drug-likeness (QED) is 0.475. The molecule has 3 rings (SSSR count). The van der Waals surface area contributed by atoms with Crippen LogP contribution in [0, 0.1) is 6.92 Å². The molecule has 0 unspecified atom stereocenters. The van der Waals surface area contributed by atoms with E-state index in [9.17, 15) is 22.8 Å². The zero-order chi connectivity index (χ0) is 23.1. The number of esters is 1. The van der Waals surface area contributed by atoms with Crippen molar-refractivity contribution in [3.63, 3.8) is 0 Å². The van der Waals surface area contributed by atoms with Gasteiger partial charge in [-0.2, -0.15) is 13.2 Å². The van der Waals surface area contributed by atoms with Crippen LogP contribution in [0.2, 0.25) is 0 Å². The Kier molecular flexibility index (Phi) is 7.60. The molecule has 0 spiro atoms. The molecule has 0 radical (unpaired) electrons. The largest absolute Gasteiger partial charge is 0.452 e. The van der Waals surface area contributed by atoms with Crippen molar-refractivity contribution in [3.05, 3.63) is 70.0 Å². The van der Waals surface area contributed by atoms with Crippen molar-refractivity contribution in [1.29, 1.82) is 0 Å². The fourth-order valence-electron chi connectivity index (χ4n) is 2.69. The third-order valence-electron chi connectivity index (χ3n) is 4.12. The molecule has 2 aromatic carbocycles. The zero-order valence-corrected chi connectivity index (χ0v) is 17.8. The van der Waals surface area contributed by atoms with Gasteiger partial charge in [-0.1, -0.05) is 24.3 Å². The van der Waals surface area contributed by atoms with Crippen LogP contribution in [0.4, 0.5) is 18.9 Å². The number of aromatic nitrogens is 1. The first-order valence-electron chi connectivity index (χ1n) is 9.42. The van der Waals surface area contributed by atoms with E-state index in [1.54, 1.807) is 18.2 Å². The molecule has 1 N–H and O–H groups in total. The zero-order valence-electron chi connectivity index (χ0n) is 16.9. The fourth-order valence-corrected chi connectivity index (χ4v) is 3.31. The van der Waals surface area contributed by atoms with E-state index >= 15 is 0 Å². The molecule has 168 valence electrons.